The third kappa shape index (κ3) is 29.9. The molecule has 0 saturated carbocycles. The Morgan fingerprint density at radius 1 is 0.437 bits per heavy atom. The minimum absolute atomic E-state index is 0.0248. The monoisotopic (exact) mass is 1780 g/mol. The minimum Gasteiger partial charge on any atom is -0.748 e. The maximum Gasteiger partial charge on any atom is 0.253 e. The Hall–Kier alpha value is -11.9. The molecule has 126 heavy (non-hydrogen) atoms. The molecule has 4 aromatic carbocycles. The van der Waals surface area contributed by atoms with Crippen LogP contribution in [0.5, 0.6) is 0 Å². The van der Waals surface area contributed by atoms with Crippen molar-refractivity contribution in [2.24, 2.45) is 10.7 Å². The second kappa shape index (κ2) is 46.4. The average molecular weight is 1780 g/mol. The first-order valence-electron chi connectivity index (χ1n) is 41.4. The lowest BCUT2D eigenvalue weighted by Crippen LogP contribution is -2.39. The number of anilines is 1. The van der Waals surface area contributed by atoms with Crippen molar-refractivity contribution in [3.63, 3.8) is 0 Å². The van der Waals surface area contributed by atoms with Crippen molar-refractivity contribution < 1.29 is 104 Å². The van der Waals surface area contributed by atoms with Gasteiger partial charge in [-0.25, -0.2) is 63.5 Å². The number of carbonyl (C=O) groups excluding carboxylic acids is 2. The number of rotatable bonds is 39. The Balaban J connectivity index is 0.000000180. The van der Waals surface area contributed by atoms with Gasteiger partial charge in [0, 0.05) is 186 Å². The molecule has 9 heterocycles. The summed E-state index contributed by atoms with van der Waals surface area (Å²) in [4.78, 5) is 45.0. The van der Waals surface area contributed by atoms with Crippen LogP contribution in [-0.2, 0) is 75.6 Å². The van der Waals surface area contributed by atoms with Crippen LogP contribution in [-0.4, -0.2) is 163 Å². The number of hydrogen-bond donors (Lipinski definition) is 3. The lowest BCUT2D eigenvalue weighted by molar-refractivity contribution is -0.697. The highest BCUT2D eigenvalue weighted by molar-refractivity contribution is 7.86. The highest BCUT2D eigenvalue weighted by Gasteiger charge is 2.25. The van der Waals surface area contributed by atoms with E-state index in [0.29, 0.717) is 100 Å². The molecule has 30 nitrogen and oxygen atoms in total. The molecule has 33 heteroatoms. The standard InChI is InChI=1S/C29H34N4O8S.C23H28N4O6S.C21H23NO4S.C20H23N2O/c1-22-20-24(26-21-30-29(41-26)23-8-12-31(13-9-23)10-3-19-42(37,38)39)4-5-25(22)32(11-2-17-40-18-16-34)14-15-33-27(35)6-7-28(33)36;1-17-15-19(3-4-20(17)26-22(24)7-12-32-13-11-28)21-16-25-23(33-21)18-5-9-27(10-6-18)8-2-14-34(29,30)31;1-15-5-6-19(13-16(15)2)21-17(3)14-20(26-21)18-7-10-22(11-8-18)9-4-12-27(23,24)25;1-4-5-10-22-11-8-17(9-12-22)20-21-14-19(23-20)18-7-6-15(2)16(3)13-18/h4-9,12-13,20-21,34H,2-3,10-11,14-19H2,1H3;3-6,9-10,15-16,24,28H,2,7-8,11-14H2,1H3,(H,29,30,31);5-8,10-11,13-14H,4,9,12H2,1-3H3;6-9,11-14H,4-5,10H2,1-3H3/q;;;+1. The summed E-state index contributed by atoms with van der Waals surface area (Å²) in [5.74, 6) is 3.88. The number of pyridine rings is 4. The summed E-state index contributed by atoms with van der Waals surface area (Å²) in [6.07, 6.45) is 27.0. The van der Waals surface area contributed by atoms with Crippen LogP contribution in [0.15, 0.2) is 230 Å². The van der Waals surface area contributed by atoms with Gasteiger partial charge in [-0.2, -0.15) is 0 Å². The normalized spacial score (nSPS) is 12.3. The summed E-state index contributed by atoms with van der Waals surface area (Å²) in [5, 5.41) is 17.7. The lowest BCUT2D eigenvalue weighted by atomic mass is 10.0. The molecule has 0 saturated heterocycles. The molecule has 2 amide bonds. The highest BCUT2D eigenvalue weighted by atomic mass is 32.2. The van der Waals surface area contributed by atoms with E-state index >= 15 is 0 Å². The van der Waals surface area contributed by atoms with Crippen molar-refractivity contribution in [1.29, 1.82) is 0 Å². The molecule has 0 unspecified atom stereocenters. The van der Waals surface area contributed by atoms with Crippen LogP contribution in [0.1, 0.15) is 90.8 Å². The molecule has 0 atom stereocenters. The largest absolute Gasteiger partial charge is 0.748 e. The maximum absolute atomic E-state index is 12.0. The first-order chi connectivity index (χ1) is 60.3. The smallest absolute Gasteiger partial charge is 0.253 e. The number of hydrogen-bond acceptors (Lipinski definition) is 24. The number of aryl methyl sites for hydroxylation is 11. The Bertz CT molecular complexity index is 6010. The van der Waals surface area contributed by atoms with Crippen molar-refractivity contribution >= 4 is 59.4 Å². The lowest BCUT2D eigenvalue weighted by Gasteiger charge is -2.28. The maximum atomic E-state index is 12.0. The summed E-state index contributed by atoms with van der Waals surface area (Å²) >= 11 is 0. The average Bonchev–Trinajstić information content (AvgIpc) is 1.67. The zero-order valence-electron chi connectivity index (χ0n) is 72.0. The number of furan rings is 1. The second-order valence-corrected chi connectivity index (χ2v) is 34.9. The van der Waals surface area contributed by atoms with Crippen LogP contribution < -0.4 is 28.9 Å². The second-order valence-electron chi connectivity index (χ2n) is 30.3. The number of unbranched alkanes of at least 4 members (excludes halogenated alkanes) is 1. The molecule has 0 radical (unpaired) electrons. The molecule has 0 aliphatic carbocycles. The molecule has 1 aliphatic rings. The van der Waals surface area contributed by atoms with Crippen molar-refractivity contribution in [2.45, 2.75) is 127 Å². The first-order valence-corrected chi connectivity index (χ1v) is 46.2. The van der Waals surface area contributed by atoms with E-state index in [0.717, 1.165) is 96.4 Å². The molecular formula is C93H108N11O19S3+. The van der Waals surface area contributed by atoms with Crippen molar-refractivity contribution in [1.82, 2.24) is 19.9 Å². The van der Waals surface area contributed by atoms with Gasteiger partial charge in [0.1, 0.15) is 43.5 Å². The van der Waals surface area contributed by atoms with E-state index in [9.17, 15) is 48.5 Å². The number of aliphatic hydroxyl groups excluding tert-OH is 2. The fourth-order valence-electron chi connectivity index (χ4n) is 13.3. The Labute approximate surface area is 735 Å². The molecule has 0 bridgehead atoms. The molecule has 8 aromatic heterocycles. The predicted octanol–water partition coefficient (Wildman–Crippen LogP) is 12.1. The topological polar surface area (TPSA) is 416 Å². The zero-order chi connectivity index (χ0) is 90.5. The number of nitrogens with zero attached hydrogens (tertiary/aromatic N) is 10. The van der Waals surface area contributed by atoms with Crippen LogP contribution in [0.3, 0.4) is 0 Å². The number of aliphatic imine (C=N–C) groups is 1. The van der Waals surface area contributed by atoms with E-state index in [1.807, 2.05) is 117 Å². The number of aliphatic hydroxyl groups is 2. The Kier molecular flexibility index (Phi) is 35.4. The predicted molar refractivity (Wildman–Crippen MR) is 472 cm³/mol. The van der Waals surface area contributed by atoms with E-state index < -0.39 is 36.1 Å². The summed E-state index contributed by atoms with van der Waals surface area (Å²) < 4.78 is 139. The summed E-state index contributed by atoms with van der Waals surface area (Å²) in [7, 11) is -12.6. The number of ether oxygens (including phenoxy) is 2. The van der Waals surface area contributed by atoms with Gasteiger partial charge in [0.2, 0.25) is 17.7 Å². The van der Waals surface area contributed by atoms with Crippen molar-refractivity contribution in [2.75, 3.05) is 81.4 Å². The van der Waals surface area contributed by atoms with E-state index in [-0.39, 0.29) is 69.1 Å². The van der Waals surface area contributed by atoms with Gasteiger partial charge in [-0.15, -0.1) is 0 Å². The van der Waals surface area contributed by atoms with Gasteiger partial charge in [0.15, 0.2) is 66.9 Å². The molecular weight excluding hydrogens is 1670 g/mol. The summed E-state index contributed by atoms with van der Waals surface area (Å²) in [5.41, 5.74) is 23.0. The number of amidine groups is 1. The number of nitrogens with two attached hydrogens (primary N) is 1. The number of carbonyl (C=O) groups is 2. The van der Waals surface area contributed by atoms with Gasteiger partial charge in [-0.05, 0) is 148 Å². The number of benzene rings is 4. The van der Waals surface area contributed by atoms with Gasteiger partial charge < -0.3 is 61.6 Å². The van der Waals surface area contributed by atoms with E-state index in [4.69, 9.17) is 43.1 Å². The minimum atomic E-state index is -4.23. The van der Waals surface area contributed by atoms with Gasteiger partial charge in [-0.1, -0.05) is 37.6 Å². The Morgan fingerprint density at radius 2 is 0.833 bits per heavy atom. The number of imide groups is 1. The molecule has 12 aromatic rings. The van der Waals surface area contributed by atoms with E-state index in [1.54, 1.807) is 52.5 Å². The van der Waals surface area contributed by atoms with Crippen LogP contribution in [0, 0.1) is 48.5 Å². The summed E-state index contributed by atoms with van der Waals surface area (Å²) in [6.45, 7) is 21.6. The number of oxazole rings is 3. The molecule has 0 fully saturated rings. The van der Waals surface area contributed by atoms with Crippen LogP contribution in [0.2, 0.25) is 0 Å². The van der Waals surface area contributed by atoms with Crippen LogP contribution in [0.25, 0.3) is 91.0 Å². The molecule has 1 aliphatic heterocycles. The fraction of sp³-hybridized carbons (Fsp3) is 0.333. The zero-order valence-corrected chi connectivity index (χ0v) is 74.5. The molecule has 0 spiro atoms. The summed E-state index contributed by atoms with van der Waals surface area (Å²) in [6, 6.07) is 41.5. The molecule has 666 valence electrons. The SMILES string of the molecule is CCCC[n+]1ccc(-c2ncc(-c3ccc(C)c(C)c3)o2)cc1.Cc1cc(-c2cnc(-c3cc[n+](CCCS(=O)(=O)[O-])cc3)o2)ccc1N(CCCOCCO)CCN1C(=O)C=CC1=O.Cc1cc(-c2cnc(-c3cc[n+](CCCS(=O)(=O)[O-])cc3)o2)ccc1N=C(N)CCOCCO.Cc1ccc(-c2oc(-c3cc[n+](CCCS(=O)(=O)[O-])cc3)cc2C)cc1C. The third-order valence-electron chi connectivity index (χ3n) is 20.5. The fourth-order valence-corrected chi connectivity index (χ4v) is 14.8. The number of amides is 2. The van der Waals surface area contributed by atoms with E-state index in [1.165, 1.54) is 52.1 Å². The third-order valence-corrected chi connectivity index (χ3v) is 22.9. The Morgan fingerprint density at radius 3 is 1.25 bits per heavy atom. The molecule has 4 N–H and O–H groups in total. The van der Waals surface area contributed by atoms with Crippen LogP contribution >= 0.6 is 0 Å². The first kappa shape index (κ1) is 96.3. The van der Waals surface area contributed by atoms with Gasteiger partial charge in [0.05, 0.1) is 87.7 Å². The molecule has 13 rings (SSSR count). The van der Waals surface area contributed by atoms with Crippen molar-refractivity contribution in [3.8, 4) is 91.0 Å². The van der Waals surface area contributed by atoms with Gasteiger partial charge >= 0.3 is 0 Å². The van der Waals surface area contributed by atoms with Crippen LogP contribution in [0.4, 0.5) is 11.4 Å². The van der Waals surface area contributed by atoms with Gasteiger partial charge in [-0.3, -0.25) is 14.5 Å². The van der Waals surface area contributed by atoms with Gasteiger partial charge in [0.25, 0.3) is 11.8 Å². The van der Waals surface area contributed by atoms with E-state index in [2.05, 4.69) is 125 Å². The number of aromatic nitrogens is 7. The highest BCUT2D eigenvalue weighted by Crippen LogP contribution is 2.36. The quantitative estimate of drug-likeness (QED) is 0.00804. The van der Waals surface area contributed by atoms with Crippen molar-refractivity contribution in [3.05, 3.63) is 247 Å².